The second kappa shape index (κ2) is 6.16. The average molecular weight is 271 g/mol. The van der Waals surface area contributed by atoms with Crippen LogP contribution in [-0.2, 0) is 0 Å². The maximum atomic E-state index is 5.78. The van der Waals surface area contributed by atoms with Crippen molar-refractivity contribution in [1.82, 2.24) is 0 Å². The average Bonchev–Trinajstić information content (AvgIpc) is 2.19. The normalized spacial score (nSPS) is 10.4. The van der Waals surface area contributed by atoms with Crippen molar-refractivity contribution >= 4 is 15.9 Å². The molecule has 0 heterocycles. The van der Waals surface area contributed by atoms with Crippen molar-refractivity contribution in [3.63, 3.8) is 0 Å². The van der Waals surface area contributed by atoms with E-state index in [1.807, 2.05) is 0 Å². The van der Waals surface area contributed by atoms with Crippen molar-refractivity contribution in [3.05, 3.63) is 28.8 Å². The van der Waals surface area contributed by atoms with E-state index in [4.69, 9.17) is 4.74 Å². The fourth-order valence-corrected chi connectivity index (χ4v) is 1.93. The highest BCUT2D eigenvalue weighted by molar-refractivity contribution is 9.09. The molecular weight excluding hydrogens is 252 g/mol. The minimum absolute atomic E-state index is 0.815. The molecule has 0 unspecified atom stereocenters. The van der Waals surface area contributed by atoms with E-state index in [0.717, 1.165) is 24.1 Å². The quantitative estimate of drug-likeness (QED) is 0.577. The SMILES string of the molecule is Cc1cc(C)c(C)c(OCCCCBr)c1. The van der Waals surface area contributed by atoms with Gasteiger partial charge in [-0.05, 0) is 56.4 Å². The lowest BCUT2D eigenvalue weighted by atomic mass is 10.1. The minimum atomic E-state index is 0.815. The number of aryl methyl sites for hydroxylation is 2. The highest BCUT2D eigenvalue weighted by Crippen LogP contribution is 2.23. The molecule has 0 saturated carbocycles. The molecule has 1 aromatic carbocycles. The highest BCUT2D eigenvalue weighted by Gasteiger charge is 2.03. The first-order chi connectivity index (χ1) is 7.15. The lowest BCUT2D eigenvalue weighted by Gasteiger charge is -2.12. The summed E-state index contributed by atoms with van der Waals surface area (Å²) >= 11 is 3.42. The largest absolute Gasteiger partial charge is 0.493 e. The molecule has 2 heteroatoms. The van der Waals surface area contributed by atoms with Crippen molar-refractivity contribution in [3.8, 4) is 5.75 Å². The summed E-state index contributed by atoms with van der Waals surface area (Å²) < 4.78 is 5.78. The van der Waals surface area contributed by atoms with E-state index in [9.17, 15) is 0 Å². The number of halogens is 1. The van der Waals surface area contributed by atoms with Crippen LogP contribution in [0.25, 0.3) is 0 Å². The van der Waals surface area contributed by atoms with Gasteiger partial charge in [0.1, 0.15) is 5.75 Å². The Morgan fingerprint density at radius 1 is 1.13 bits per heavy atom. The van der Waals surface area contributed by atoms with Crippen LogP contribution in [0.3, 0.4) is 0 Å². The Balaban J connectivity index is 2.60. The molecule has 1 aromatic rings. The summed E-state index contributed by atoms with van der Waals surface area (Å²) in [6.45, 7) is 7.18. The first kappa shape index (κ1) is 12.6. The van der Waals surface area contributed by atoms with Crippen LogP contribution in [0.5, 0.6) is 5.75 Å². The molecule has 0 N–H and O–H groups in total. The van der Waals surface area contributed by atoms with Gasteiger partial charge >= 0.3 is 0 Å². The third-order valence-corrected chi connectivity index (χ3v) is 3.11. The van der Waals surface area contributed by atoms with E-state index in [1.165, 1.54) is 23.1 Å². The summed E-state index contributed by atoms with van der Waals surface area (Å²) in [7, 11) is 0. The predicted octanol–water partition coefficient (Wildman–Crippen LogP) is 4.17. The van der Waals surface area contributed by atoms with Crippen LogP contribution in [0.2, 0.25) is 0 Å². The number of unbranched alkanes of at least 4 members (excludes halogenated alkanes) is 1. The zero-order valence-corrected chi connectivity index (χ0v) is 11.4. The van der Waals surface area contributed by atoms with Crippen LogP contribution in [0.15, 0.2) is 12.1 Å². The van der Waals surface area contributed by atoms with Crippen molar-refractivity contribution in [2.24, 2.45) is 0 Å². The second-order valence-corrected chi connectivity index (χ2v) is 4.74. The zero-order chi connectivity index (χ0) is 11.3. The van der Waals surface area contributed by atoms with E-state index in [0.29, 0.717) is 0 Å². The first-order valence-electron chi connectivity index (χ1n) is 5.41. The second-order valence-electron chi connectivity index (χ2n) is 3.95. The van der Waals surface area contributed by atoms with Crippen molar-refractivity contribution < 1.29 is 4.74 Å². The summed E-state index contributed by atoms with van der Waals surface area (Å²) in [5.41, 5.74) is 3.85. The molecule has 0 atom stereocenters. The lowest BCUT2D eigenvalue weighted by molar-refractivity contribution is 0.307. The van der Waals surface area contributed by atoms with Crippen molar-refractivity contribution in [2.75, 3.05) is 11.9 Å². The molecule has 0 aromatic heterocycles. The van der Waals surface area contributed by atoms with Gasteiger partial charge in [-0.15, -0.1) is 0 Å². The van der Waals surface area contributed by atoms with E-state index in [1.54, 1.807) is 0 Å². The van der Waals surface area contributed by atoms with Gasteiger partial charge in [-0.3, -0.25) is 0 Å². The predicted molar refractivity (Wildman–Crippen MR) is 69.2 cm³/mol. The van der Waals surface area contributed by atoms with Crippen molar-refractivity contribution in [2.45, 2.75) is 33.6 Å². The summed E-state index contributed by atoms with van der Waals surface area (Å²) in [5.74, 6) is 1.04. The molecule has 84 valence electrons. The standard InChI is InChI=1S/C13H19BrO/c1-10-8-11(2)12(3)13(9-10)15-7-5-4-6-14/h8-9H,4-7H2,1-3H3. The Bertz CT molecular complexity index is 321. The van der Waals surface area contributed by atoms with Crippen LogP contribution in [0.1, 0.15) is 29.5 Å². The Labute approximate surface area is 101 Å². The molecule has 1 nitrogen and oxygen atoms in total. The van der Waals surface area contributed by atoms with Gasteiger partial charge in [0, 0.05) is 5.33 Å². The fraction of sp³-hybridized carbons (Fsp3) is 0.538. The van der Waals surface area contributed by atoms with E-state index in [-0.39, 0.29) is 0 Å². The van der Waals surface area contributed by atoms with Crippen LogP contribution >= 0.6 is 15.9 Å². The molecule has 0 amide bonds. The maximum absolute atomic E-state index is 5.78. The van der Waals surface area contributed by atoms with Crippen LogP contribution in [0, 0.1) is 20.8 Å². The Hall–Kier alpha value is -0.500. The fourth-order valence-electron chi connectivity index (χ4n) is 1.53. The minimum Gasteiger partial charge on any atom is -0.493 e. The summed E-state index contributed by atoms with van der Waals surface area (Å²) in [6.07, 6.45) is 2.28. The summed E-state index contributed by atoms with van der Waals surface area (Å²) in [4.78, 5) is 0. The van der Waals surface area contributed by atoms with E-state index >= 15 is 0 Å². The van der Waals surface area contributed by atoms with Gasteiger partial charge in [0.15, 0.2) is 0 Å². The van der Waals surface area contributed by atoms with Gasteiger partial charge in [0.25, 0.3) is 0 Å². The van der Waals surface area contributed by atoms with E-state index in [2.05, 4.69) is 48.8 Å². The van der Waals surface area contributed by atoms with Gasteiger partial charge in [-0.25, -0.2) is 0 Å². The maximum Gasteiger partial charge on any atom is 0.122 e. The third-order valence-electron chi connectivity index (χ3n) is 2.55. The number of benzene rings is 1. The van der Waals surface area contributed by atoms with Gasteiger partial charge < -0.3 is 4.74 Å². The summed E-state index contributed by atoms with van der Waals surface area (Å²) in [5, 5.41) is 1.06. The highest BCUT2D eigenvalue weighted by atomic mass is 79.9. The molecule has 0 aliphatic rings. The van der Waals surface area contributed by atoms with Crippen molar-refractivity contribution in [1.29, 1.82) is 0 Å². The van der Waals surface area contributed by atoms with Crippen LogP contribution < -0.4 is 4.74 Å². The zero-order valence-electron chi connectivity index (χ0n) is 9.77. The molecule has 0 aliphatic carbocycles. The van der Waals surface area contributed by atoms with Gasteiger partial charge in [-0.2, -0.15) is 0 Å². The molecule has 1 rings (SSSR count). The smallest absolute Gasteiger partial charge is 0.122 e. The third kappa shape index (κ3) is 3.86. The van der Waals surface area contributed by atoms with Gasteiger partial charge in [0.2, 0.25) is 0 Å². The number of ether oxygens (including phenoxy) is 1. The molecule has 0 bridgehead atoms. The molecule has 0 saturated heterocycles. The number of hydrogen-bond acceptors (Lipinski definition) is 1. The lowest BCUT2D eigenvalue weighted by Crippen LogP contribution is -2.00. The van der Waals surface area contributed by atoms with Gasteiger partial charge in [0.05, 0.1) is 6.61 Å². The monoisotopic (exact) mass is 270 g/mol. The number of rotatable bonds is 5. The van der Waals surface area contributed by atoms with Gasteiger partial charge in [-0.1, -0.05) is 22.0 Å². The van der Waals surface area contributed by atoms with Crippen LogP contribution in [0.4, 0.5) is 0 Å². The Morgan fingerprint density at radius 2 is 1.87 bits per heavy atom. The first-order valence-corrected chi connectivity index (χ1v) is 6.54. The Morgan fingerprint density at radius 3 is 2.53 bits per heavy atom. The molecule has 0 radical (unpaired) electrons. The molecule has 0 fully saturated rings. The molecule has 0 aliphatic heterocycles. The van der Waals surface area contributed by atoms with E-state index < -0.39 is 0 Å². The topological polar surface area (TPSA) is 9.23 Å². The number of alkyl halides is 1. The summed E-state index contributed by atoms with van der Waals surface area (Å²) in [6, 6.07) is 4.32. The Kier molecular flexibility index (Phi) is 5.16. The van der Waals surface area contributed by atoms with Crippen LogP contribution in [-0.4, -0.2) is 11.9 Å². The molecule has 0 spiro atoms. The molecular formula is C13H19BrO. The molecule has 15 heavy (non-hydrogen) atoms. The number of hydrogen-bond donors (Lipinski definition) is 0.